The number of aromatic amines is 1. The molecule has 2 heterocycles. The highest BCUT2D eigenvalue weighted by molar-refractivity contribution is 5.96. The lowest BCUT2D eigenvalue weighted by atomic mass is 9.86. The predicted octanol–water partition coefficient (Wildman–Crippen LogP) is 6.25. The summed E-state index contributed by atoms with van der Waals surface area (Å²) in [6.45, 7) is 6.70. The van der Waals surface area contributed by atoms with Gasteiger partial charge in [-0.1, -0.05) is 69.3 Å². The molecule has 0 amide bonds. The first-order chi connectivity index (χ1) is 14.9. The van der Waals surface area contributed by atoms with Crippen LogP contribution in [0.4, 0.5) is 5.69 Å². The Morgan fingerprint density at radius 2 is 1.68 bits per heavy atom. The highest BCUT2D eigenvalue weighted by Gasteiger charge is 2.15. The van der Waals surface area contributed by atoms with Gasteiger partial charge in [-0.2, -0.15) is 5.10 Å². The van der Waals surface area contributed by atoms with E-state index in [0.717, 1.165) is 50.7 Å². The summed E-state index contributed by atoms with van der Waals surface area (Å²) in [5.41, 5.74) is 14.9. The molecule has 0 saturated carbocycles. The quantitative estimate of drug-likeness (QED) is 0.372. The monoisotopic (exact) mass is 406 g/mol. The van der Waals surface area contributed by atoms with Gasteiger partial charge in [0.1, 0.15) is 0 Å². The van der Waals surface area contributed by atoms with Crippen molar-refractivity contribution < 1.29 is 0 Å². The zero-order valence-electron chi connectivity index (χ0n) is 18.1. The van der Waals surface area contributed by atoms with E-state index in [2.05, 4.69) is 84.5 Å². The lowest BCUT2D eigenvalue weighted by Gasteiger charge is -2.19. The number of para-hydroxylation sites is 1. The number of nitrogens with two attached hydrogens (primary N) is 1. The Hall–Kier alpha value is -3.66. The van der Waals surface area contributed by atoms with Crippen molar-refractivity contribution in [2.75, 3.05) is 5.73 Å². The molecule has 3 aromatic carbocycles. The summed E-state index contributed by atoms with van der Waals surface area (Å²) in [4.78, 5) is 4.56. The maximum atomic E-state index is 6.41. The van der Waals surface area contributed by atoms with Crippen LogP contribution in [-0.2, 0) is 11.8 Å². The molecule has 5 aromatic rings. The van der Waals surface area contributed by atoms with E-state index >= 15 is 0 Å². The van der Waals surface area contributed by atoms with Crippen molar-refractivity contribution in [3.05, 3.63) is 89.6 Å². The van der Waals surface area contributed by atoms with Crippen LogP contribution in [0.1, 0.15) is 37.5 Å². The molecule has 0 aliphatic rings. The average Bonchev–Trinajstić information content (AvgIpc) is 3.19. The Kier molecular flexibility index (Phi) is 4.51. The molecule has 4 heteroatoms. The number of hydrogen-bond donors (Lipinski definition) is 2. The van der Waals surface area contributed by atoms with Crippen LogP contribution < -0.4 is 5.73 Å². The van der Waals surface area contributed by atoms with E-state index in [1.54, 1.807) is 6.20 Å². The zero-order valence-corrected chi connectivity index (χ0v) is 18.1. The number of H-pyrrole nitrogens is 1. The summed E-state index contributed by atoms with van der Waals surface area (Å²) in [5.74, 6) is 0. The van der Waals surface area contributed by atoms with Crippen LogP contribution in [0, 0.1) is 0 Å². The maximum Gasteiger partial charge on any atom is 0.0999 e. The number of nitrogens with one attached hydrogen (secondary N) is 1. The molecule has 0 bridgehead atoms. The van der Waals surface area contributed by atoms with Crippen molar-refractivity contribution >= 4 is 27.5 Å². The number of nitrogen functional groups attached to an aromatic ring is 1. The van der Waals surface area contributed by atoms with Crippen LogP contribution in [0.15, 0.2) is 72.9 Å². The molecule has 31 heavy (non-hydrogen) atoms. The number of aromatic nitrogens is 3. The Bertz CT molecular complexity index is 1390. The Morgan fingerprint density at radius 3 is 2.45 bits per heavy atom. The summed E-state index contributed by atoms with van der Waals surface area (Å²) < 4.78 is 0. The van der Waals surface area contributed by atoms with Gasteiger partial charge in [0.05, 0.1) is 28.6 Å². The molecule has 0 atom stereocenters. The smallest absolute Gasteiger partial charge is 0.0999 e. The molecule has 0 unspecified atom stereocenters. The number of nitrogens with zero attached hydrogens (tertiary/aromatic N) is 2. The van der Waals surface area contributed by atoms with E-state index in [0.29, 0.717) is 0 Å². The number of benzene rings is 3. The zero-order chi connectivity index (χ0) is 21.6. The van der Waals surface area contributed by atoms with Crippen LogP contribution in [-0.4, -0.2) is 15.2 Å². The van der Waals surface area contributed by atoms with E-state index in [9.17, 15) is 0 Å². The van der Waals surface area contributed by atoms with Crippen LogP contribution in [0.25, 0.3) is 33.1 Å². The van der Waals surface area contributed by atoms with Gasteiger partial charge in [-0.3, -0.25) is 10.1 Å². The van der Waals surface area contributed by atoms with Crippen molar-refractivity contribution in [1.82, 2.24) is 15.2 Å². The molecule has 5 rings (SSSR count). The molecule has 4 nitrogen and oxygen atoms in total. The normalized spacial score (nSPS) is 12.0. The third kappa shape index (κ3) is 3.55. The van der Waals surface area contributed by atoms with Crippen LogP contribution >= 0.6 is 0 Å². The predicted molar refractivity (Wildman–Crippen MR) is 129 cm³/mol. The third-order valence-electron chi connectivity index (χ3n) is 5.96. The van der Waals surface area contributed by atoms with Crippen molar-refractivity contribution in [2.24, 2.45) is 0 Å². The van der Waals surface area contributed by atoms with Crippen LogP contribution in [0.2, 0.25) is 0 Å². The minimum atomic E-state index is 0.141. The SMILES string of the molecule is CC(C)(C)c1ccc(Cc2c(N)cnc3ccc(-c4n[nH]c5ccccc45)cc23)cc1. The molecule has 0 aliphatic heterocycles. The third-order valence-corrected chi connectivity index (χ3v) is 5.96. The van der Waals surface area contributed by atoms with E-state index in [4.69, 9.17) is 5.73 Å². The molecule has 0 spiro atoms. The van der Waals surface area contributed by atoms with Crippen LogP contribution in [0.5, 0.6) is 0 Å². The standard InChI is InChI=1S/C27H26N4/c1-27(2,3)19-11-8-17(9-12-19)14-21-22-15-18(10-13-24(22)29-16-23(21)28)26-20-6-4-5-7-25(20)30-31-26/h4-13,15-16H,14,28H2,1-3H3,(H,30,31). The van der Waals surface area contributed by atoms with Gasteiger partial charge in [0.25, 0.3) is 0 Å². The summed E-state index contributed by atoms with van der Waals surface area (Å²) in [6, 6.07) is 23.3. The van der Waals surface area contributed by atoms with Crippen molar-refractivity contribution in [2.45, 2.75) is 32.6 Å². The minimum Gasteiger partial charge on any atom is -0.397 e. The van der Waals surface area contributed by atoms with E-state index < -0.39 is 0 Å². The molecule has 2 aromatic heterocycles. The van der Waals surface area contributed by atoms with Crippen LogP contribution in [0.3, 0.4) is 0 Å². The fraction of sp³-hybridized carbons (Fsp3) is 0.185. The number of fused-ring (bicyclic) bond motifs is 2. The molecule has 0 fully saturated rings. The van der Waals surface area contributed by atoms with Gasteiger partial charge < -0.3 is 5.73 Å². The van der Waals surface area contributed by atoms with Crippen molar-refractivity contribution in [3.8, 4) is 11.3 Å². The molecule has 3 N–H and O–H groups in total. The largest absolute Gasteiger partial charge is 0.397 e. The van der Waals surface area contributed by atoms with Gasteiger partial charge in [0.15, 0.2) is 0 Å². The second kappa shape index (κ2) is 7.24. The Morgan fingerprint density at radius 1 is 0.903 bits per heavy atom. The molecule has 0 saturated heterocycles. The summed E-state index contributed by atoms with van der Waals surface area (Å²) in [7, 11) is 0. The number of pyridine rings is 1. The fourth-order valence-corrected chi connectivity index (χ4v) is 4.12. The first-order valence-corrected chi connectivity index (χ1v) is 10.6. The van der Waals surface area contributed by atoms with E-state index in [1.165, 1.54) is 11.1 Å². The molecule has 0 aliphatic carbocycles. The van der Waals surface area contributed by atoms with Gasteiger partial charge in [-0.25, -0.2) is 0 Å². The highest BCUT2D eigenvalue weighted by Crippen LogP contribution is 2.32. The summed E-state index contributed by atoms with van der Waals surface area (Å²) in [6.07, 6.45) is 2.53. The van der Waals surface area contributed by atoms with Gasteiger partial charge in [-0.15, -0.1) is 0 Å². The highest BCUT2D eigenvalue weighted by atomic mass is 15.1. The fourth-order valence-electron chi connectivity index (χ4n) is 4.12. The first kappa shape index (κ1) is 19.3. The number of hydrogen-bond acceptors (Lipinski definition) is 3. The molecule has 0 radical (unpaired) electrons. The second-order valence-electron chi connectivity index (χ2n) is 9.17. The molecular formula is C27H26N4. The number of anilines is 1. The van der Waals surface area contributed by atoms with E-state index in [1.807, 2.05) is 18.2 Å². The Balaban J connectivity index is 1.59. The lowest BCUT2D eigenvalue weighted by Crippen LogP contribution is -2.10. The average molecular weight is 407 g/mol. The summed E-state index contributed by atoms with van der Waals surface area (Å²) in [5, 5.41) is 9.87. The van der Waals surface area contributed by atoms with Gasteiger partial charge >= 0.3 is 0 Å². The lowest BCUT2D eigenvalue weighted by molar-refractivity contribution is 0.590. The van der Waals surface area contributed by atoms with Crippen molar-refractivity contribution in [1.29, 1.82) is 0 Å². The minimum absolute atomic E-state index is 0.141. The van der Waals surface area contributed by atoms with Gasteiger partial charge in [0.2, 0.25) is 0 Å². The summed E-state index contributed by atoms with van der Waals surface area (Å²) >= 11 is 0. The molecule has 154 valence electrons. The Labute approximate surface area is 182 Å². The molecular weight excluding hydrogens is 380 g/mol. The van der Waals surface area contributed by atoms with E-state index in [-0.39, 0.29) is 5.41 Å². The van der Waals surface area contributed by atoms with Gasteiger partial charge in [-0.05, 0) is 40.3 Å². The second-order valence-corrected chi connectivity index (χ2v) is 9.17. The number of rotatable bonds is 3. The first-order valence-electron chi connectivity index (χ1n) is 10.6. The van der Waals surface area contributed by atoms with Crippen molar-refractivity contribution in [3.63, 3.8) is 0 Å². The van der Waals surface area contributed by atoms with Gasteiger partial charge in [0, 0.05) is 22.8 Å². The maximum absolute atomic E-state index is 6.41. The topological polar surface area (TPSA) is 67.6 Å².